The number of aliphatic hydroxyl groups is 1. The molecular weight excluding hydrogens is 773 g/mol. The maximum Gasteiger partial charge on any atom is 0.305 e. The van der Waals surface area contributed by atoms with Crippen LogP contribution in [0, 0.1) is 5.41 Å². The molecule has 13 heteroatoms. The SMILES string of the molecule is CCCCC/C=C\CCOC(=O)CCCC(=O)OCC(CO)(COC(=O)CCCC(=O)OCC/C=C\CCCCC)COC(=O)CCCC(=O)OCC/C=C\CCCCC. The smallest absolute Gasteiger partial charge is 0.305 e. The Labute approximate surface area is 360 Å². The van der Waals surface area contributed by atoms with Crippen LogP contribution >= 0.6 is 0 Å². The van der Waals surface area contributed by atoms with Gasteiger partial charge in [0.2, 0.25) is 0 Å². The molecule has 1 N–H and O–H groups in total. The first-order valence-corrected chi connectivity index (χ1v) is 22.6. The Morgan fingerprint density at radius 3 is 0.867 bits per heavy atom. The Balaban J connectivity index is 4.94. The Kier molecular flexibility index (Phi) is 37.7. The molecule has 0 spiro atoms. The summed E-state index contributed by atoms with van der Waals surface area (Å²) < 4.78 is 31.9. The highest BCUT2D eigenvalue weighted by Gasteiger charge is 2.35. The van der Waals surface area contributed by atoms with Gasteiger partial charge in [-0.15, -0.1) is 0 Å². The molecule has 0 aliphatic rings. The molecular formula is C47H78O13. The molecule has 0 saturated heterocycles. The van der Waals surface area contributed by atoms with Crippen LogP contribution in [0.2, 0.25) is 0 Å². The maximum atomic E-state index is 12.6. The van der Waals surface area contributed by atoms with Crippen molar-refractivity contribution in [3.05, 3.63) is 36.5 Å². The number of carbonyl (C=O) groups is 6. The largest absolute Gasteiger partial charge is 0.465 e. The average molecular weight is 851 g/mol. The standard InChI is InChI=1S/C47H78O13/c1-4-7-10-13-16-19-22-34-55-41(49)28-25-31-44(52)58-38-47(37-48,39-59-45(53)32-26-29-42(50)56-35-23-20-17-14-11-8-5-2)40-60-46(54)33-27-30-43(51)57-36-24-21-18-15-12-9-6-3/h16-21,48H,4-15,22-40H2,1-3H3/b19-16-,20-17-,21-18-. The third kappa shape index (κ3) is 35.9. The van der Waals surface area contributed by atoms with Crippen LogP contribution in [0.5, 0.6) is 0 Å². The van der Waals surface area contributed by atoms with E-state index in [0.29, 0.717) is 19.3 Å². The van der Waals surface area contributed by atoms with Crippen LogP contribution in [-0.4, -0.2) is 87.2 Å². The van der Waals surface area contributed by atoms with E-state index in [1.807, 2.05) is 18.2 Å². The summed E-state index contributed by atoms with van der Waals surface area (Å²) in [5.41, 5.74) is -1.49. The van der Waals surface area contributed by atoms with E-state index in [0.717, 1.165) is 57.8 Å². The van der Waals surface area contributed by atoms with Gasteiger partial charge < -0.3 is 33.5 Å². The lowest BCUT2D eigenvalue weighted by atomic mass is 9.92. The van der Waals surface area contributed by atoms with Gasteiger partial charge in [-0.25, -0.2) is 0 Å². The van der Waals surface area contributed by atoms with Crippen molar-refractivity contribution in [1.82, 2.24) is 0 Å². The van der Waals surface area contributed by atoms with E-state index in [-0.39, 0.29) is 77.6 Å². The summed E-state index contributed by atoms with van der Waals surface area (Å²) in [5.74, 6) is -3.27. The van der Waals surface area contributed by atoms with E-state index in [9.17, 15) is 33.9 Å². The van der Waals surface area contributed by atoms with Crippen LogP contribution in [0.1, 0.15) is 175 Å². The predicted octanol–water partition coefficient (Wildman–Crippen LogP) is 9.32. The molecule has 0 rings (SSSR count). The van der Waals surface area contributed by atoms with E-state index >= 15 is 0 Å². The maximum absolute atomic E-state index is 12.6. The number of ether oxygens (including phenoxy) is 6. The van der Waals surface area contributed by atoms with Crippen molar-refractivity contribution in [2.24, 2.45) is 5.41 Å². The molecule has 0 amide bonds. The first-order valence-electron chi connectivity index (χ1n) is 22.6. The molecule has 0 aliphatic heterocycles. The fourth-order valence-corrected chi connectivity index (χ4v) is 5.49. The number of esters is 6. The Morgan fingerprint density at radius 2 is 0.617 bits per heavy atom. The second kappa shape index (κ2) is 40.4. The van der Waals surface area contributed by atoms with E-state index in [1.165, 1.54) is 19.3 Å². The molecule has 13 nitrogen and oxygen atoms in total. The van der Waals surface area contributed by atoms with Gasteiger partial charge in [0.15, 0.2) is 0 Å². The molecule has 0 unspecified atom stereocenters. The van der Waals surface area contributed by atoms with Crippen LogP contribution in [0.15, 0.2) is 36.5 Å². The third-order valence-corrected chi connectivity index (χ3v) is 9.30. The van der Waals surface area contributed by atoms with Gasteiger partial charge >= 0.3 is 35.8 Å². The van der Waals surface area contributed by atoms with Gasteiger partial charge in [0, 0.05) is 38.5 Å². The molecule has 0 fully saturated rings. The number of allylic oxidation sites excluding steroid dienone is 3. The predicted molar refractivity (Wildman–Crippen MR) is 231 cm³/mol. The molecule has 0 heterocycles. The zero-order valence-corrected chi connectivity index (χ0v) is 37.2. The lowest BCUT2D eigenvalue weighted by Crippen LogP contribution is -2.42. The van der Waals surface area contributed by atoms with E-state index < -0.39 is 67.7 Å². The van der Waals surface area contributed by atoms with E-state index in [2.05, 4.69) is 39.0 Å². The summed E-state index contributed by atoms with van der Waals surface area (Å²) >= 11 is 0. The highest BCUT2D eigenvalue weighted by Crippen LogP contribution is 2.21. The molecule has 0 aromatic rings. The second-order valence-electron chi connectivity index (χ2n) is 15.1. The number of carbonyl (C=O) groups excluding carboxylic acids is 6. The summed E-state index contributed by atoms with van der Waals surface area (Å²) in [4.78, 5) is 74.3. The number of rotatable bonds is 40. The highest BCUT2D eigenvalue weighted by molar-refractivity contribution is 5.74. The second-order valence-corrected chi connectivity index (χ2v) is 15.1. The molecule has 0 saturated carbocycles. The fraction of sp³-hybridized carbons (Fsp3) is 0.745. The van der Waals surface area contributed by atoms with Crippen molar-refractivity contribution >= 4 is 35.8 Å². The molecule has 344 valence electrons. The Morgan fingerprint density at radius 1 is 0.367 bits per heavy atom. The van der Waals surface area contributed by atoms with Gasteiger partial charge in [0.05, 0.1) is 31.8 Å². The van der Waals surface area contributed by atoms with Gasteiger partial charge in [-0.2, -0.15) is 0 Å². The normalized spacial score (nSPS) is 11.6. The first kappa shape index (κ1) is 56.0. The lowest BCUT2D eigenvalue weighted by molar-refractivity contribution is -0.165. The topological polar surface area (TPSA) is 178 Å². The van der Waals surface area contributed by atoms with E-state index in [4.69, 9.17) is 28.4 Å². The zero-order chi connectivity index (χ0) is 44.4. The molecule has 60 heavy (non-hydrogen) atoms. The summed E-state index contributed by atoms with van der Waals surface area (Å²) in [6.07, 6.45) is 27.7. The third-order valence-electron chi connectivity index (χ3n) is 9.30. The highest BCUT2D eigenvalue weighted by atomic mass is 16.6. The quantitative estimate of drug-likeness (QED) is 0.0267. The minimum Gasteiger partial charge on any atom is -0.465 e. The summed E-state index contributed by atoms with van der Waals surface area (Å²) in [6.45, 7) is 5.21. The average Bonchev–Trinajstić information content (AvgIpc) is 3.23. The van der Waals surface area contributed by atoms with Gasteiger partial charge in [0.1, 0.15) is 19.8 Å². The van der Waals surface area contributed by atoms with Crippen molar-refractivity contribution < 1.29 is 62.3 Å². The fourth-order valence-electron chi connectivity index (χ4n) is 5.49. The lowest BCUT2D eigenvalue weighted by Gasteiger charge is -2.30. The van der Waals surface area contributed by atoms with Crippen molar-refractivity contribution in [2.75, 3.05) is 46.2 Å². The molecule has 0 radical (unpaired) electrons. The van der Waals surface area contributed by atoms with Crippen LogP contribution in [0.3, 0.4) is 0 Å². The van der Waals surface area contributed by atoms with Gasteiger partial charge in [-0.1, -0.05) is 95.8 Å². The number of unbranched alkanes of at least 4 members (excludes halogenated alkanes) is 9. The summed E-state index contributed by atoms with van der Waals surface area (Å²) in [5, 5.41) is 10.4. The zero-order valence-electron chi connectivity index (χ0n) is 37.2. The van der Waals surface area contributed by atoms with Crippen molar-refractivity contribution in [2.45, 2.75) is 175 Å². The molecule has 0 aromatic heterocycles. The Hall–Kier alpha value is -4.00. The number of aliphatic hydroxyl groups excluding tert-OH is 1. The van der Waals surface area contributed by atoms with Crippen LogP contribution in [-0.2, 0) is 57.2 Å². The minimum atomic E-state index is -1.49. The number of hydrogen-bond donors (Lipinski definition) is 1. The molecule has 0 aliphatic carbocycles. The monoisotopic (exact) mass is 851 g/mol. The summed E-state index contributed by atoms with van der Waals surface area (Å²) in [7, 11) is 0. The molecule has 0 aromatic carbocycles. The minimum absolute atomic E-state index is 0.0170. The van der Waals surface area contributed by atoms with Crippen LogP contribution < -0.4 is 0 Å². The van der Waals surface area contributed by atoms with Crippen molar-refractivity contribution in [1.29, 1.82) is 0 Å². The summed E-state index contributed by atoms with van der Waals surface area (Å²) in [6, 6.07) is 0. The van der Waals surface area contributed by atoms with E-state index in [1.54, 1.807) is 0 Å². The van der Waals surface area contributed by atoms with Gasteiger partial charge in [0.25, 0.3) is 0 Å². The Bertz CT molecular complexity index is 1090. The molecule has 0 atom stereocenters. The first-order chi connectivity index (χ1) is 29.1. The van der Waals surface area contributed by atoms with Crippen molar-refractivity contribution in [3.8, 4) is 0 Å². The molecule has 0 bridgehead atoms. The van der Waals surface area contributed by atoms with Crippen molar-refractivity contribution in [3.63, 3.8) is 0 Å². The van der Waals surface area contributed by atoms with Crippen LogP contribution in [0.4, 0.5) is 0 Å². The number of hydrogen-bond acceptors (Lipinski definition) is 13. The van der Waals surface area contributed by atoms with Crippen LogP contribution in [0.25, 0.3) is 0 Å². The van der Waals surface area contributed by atoms with Gasteiger partial charge in [-0.3, -0.25) is 28.8 Å². The van der Waals surface area contributed by atoms with Gasteiger partial charge in [-0.05, 0) is 77.0 Å².